The SMILES string of the molecule is Cc1[c]ccc(N2CC[C@H](O)C2)n1. The fourth-order valence-electron chi connectivity index (χ4n) is 1.60. The van der Waals surface area contributed by atoms with E-state index in [2.05, 4.69) is 16.0 Å². The molecule has 3 heteroatoms. The summed E-state index contributed by atoms with van der Waals surface area (Å²) in [5, 5.41) is 9.35. The average Bonchev–Trinajstić information content (AvgIpc) is 2.52. The van der Waals surface area contributed by atoms with Crippen LogP contribution < -0.4 is 4.90 Å². The fourth-order valence-corrected chi connectivity index (χ4v) is 1.60. The number of pyridine rings is 1. The number of aliphatic hydroxyl groups is 1. The van der Waals surface area contributed by atoms with E-state index in [0.717, 1.165) is 24.5 Å². The molecule has 2 rings (SSSR count). The monoisotopic (exact) mass is 177 g/mol. The van der Waals surface area contributed by atoms with Gasteiger partial charge in [0.15, 0.2) is 0 Å². The number of anilines is 1. The van der Waals surface area contributed by atoms with E-state index < -0.39 is 0 Å². The van der Waals surface area contributed by atoms with E-state index >= 15 is 0 Å². The third-order valence-electron chi connectivity index (χ3n) is 2.29. The zero-order chi connectivity index (χ0) is 9.26. The standard InChI is InChI=1S/C10H13N2O/c1-8-3-2-4-10(11-8)12-6-5-9(13)7-12/h2,4,9,13H,5-7H2,1H3/t9-/m0/s1. The molecule has 1 aromatic heterocycles. The van der Waals surface area contributed by atoms with Crippen molar-refractivity contribution in [2.75, 3.05) is 18.0 Å². The lowest BCUT2D eigenvalue weighted by atomic mass is 10.3. The third-order valence-corrected chi connectivity index (χ3v) is 2.29. The quantitative estimate of drug-likeness (QED) is 0.688. The van der Waals surface area contributed by atoms with Crippen LogP contribution in [0.1, 0.15) is 12.1 Å². The number of aromatic nitrogens is 1. The summed E-state index contributed by atoms with van der Waals surface area (Å²) < 4.78 is 0. The molecular formula is C10H13N2O. The van der Waals surface area contributed by atoms with Crippen molar-refractivity contribution >= 4 is 5.82 Å². The van der Waals surface area contributed by atoms with Gasteiger partial charge in [-0.2, -0.15) is 0 Å². The van der Waals surface area contributed by atoms with Gasteiger partial charge in [0, 0.05) is 24.8 Å². The normalized spacial score (nSPS) is 22.3. The van der Waals surface area contributed by atoms with Crippen LogP contribution in [0, 0.1) is 13.0 Å². The second-order valence-corrected chi connectivity index (χ2v) is 3.42. The molecule has 1 aromatic rings. The van der Waals surface area contributed by atoms with E-state index in [1.807, 2.05) is 19.1 Å². The van der Waals surface area contributed by atoms with E-state index in [1.54, 1.807) is 0 Å². The molecule has 0 aromatic carbocycles. The van der Waals surface area contributed by atoms with Crippen LogP contribution in [-0.2, 0) is 0 Å². The van der Waals surface area contributed by atoms with E-state index in [4.69, 9.17) is 0 Å². The zero-order valence-electron chi connectivity index (χ0n) is 7.70. The topological polar surface area (TPSA) is 36.4 Å². The highest BCUT2D eigenvalue weighted by molar-refractivity contribution is 5.40. The van der Waals surface area contributed by atoms with Gasteiger partial charge in [-0.1, -0.05) is 0 Å². The van der Waals surface area contributed by atoms with Crippen molar-refractivity contribution in [2.24, 2.45) is 0 Å². The fraction of sp³-hybridized carbons (Fsp3) is 0.500. The highest BCUT2D eigenvalue weighted by Crippen LogP contribution is 2.17. The number of aliphatic hydroxyl groups excluding tert-OH is 1. The van der Waals surface area contributed by atoms with Gasteiger partial charge in [-0.25, -0.2) is 4.98 Å². The predicted molar refractivity (Wildman–Crippen MR) is 50.6 cm³/mol. The van der Waals surface area contributed by atoms with E-state index in [1.165, 1.54) is 0 Å². The van der Waals surface area contributed by atoms with Crippen molar-refractivity contribution in [1.29, 1.82) is 0 Å². The molecule has 0 aliphatic carbocycles. The second kappa shape index (κ2) is 3.34. The Kier molecular flexibility index (Phi) is 2.19. The van der Waals surface area contributed by atoms with Gasteiger partial charge < -0.3 is 10.0 Å². The van der Waals surface area contributed by atoms with Crippen molar-refractivity contribution in [3.8, 4) is 0 Å². The summed E-state index contributed by atoms with van der Waals surface area (Å²) >= 11 is 0. The Morgan fingerprint density at radius 2 is 2.54 bits per heavy atom. The van der Waals surface area contributed by atoms with Gasteiger partial charge in [0.25, 0.3) is 0 Å². The molecule has 1 aliphatic heterocycles. The van der Waals surface area contributed by atoms with Gasteiger partial charge in [-0.3, -0.25) is 0 Å². The van der Waals surface area contributed by atoms with Gasteiger partial charge >= 0.3 is 0 Å². The first-order valence-electron chi connectivity index (χ1n) is 4.54. The highest BCUT2D eigenvalue weighted by Gasteiger charge is 2.20. The van der Waals surface area contributed by atoms with Crippen LogP contribution >= 0.6 is 0 Å². The van der Waals surface area contributed by atoms with Crippen LogP contribution in [0.5, 0.6) is 0 Å². The van der Waals surface area contributed by atoms with Gasteiger partial charge in [0.1, 0.15) is 5.82 Å². The molecule has 1 radical (unpaired) electrons. The minimum absolute atomic E-state index is 0.189. The van der Waals surface area contributed by atoms with Crippen LogP contribution in [0.25, 0.3) is 0 Å². The second-order valence-electron chi connectivity index (χ2n) is 3.42. The molecule has 0 saturated carbocycles. The first-order chi connectivity index (χ1) is 6.25. The Labute approximate surface area is 78.0 Å². The van der Waals surface area contributed by atoms with Gasteiger partial charge in [-0.05, 0) is 25.5 Å². The smallest absolute Gasteiger partial charge is 0.128 e. The summed E-state index contributed by atoms with van der Waals surface area (Å²) in [6.45, 7) is 3.53. The summed E-state index contributed by atoms with van der Waals surface area (Å²) in [7, 11) is 0. The molecular weight excluding hydrogens is 164 g/mol. The molecule has 13 heavy (non-hydrogen) atoms. The van der Waals surface area contributed by atoms with Gasteiger partial charge in [0.2, 0.25) is 0 Å². The van der Waals surface area contributed by atoms with Crippen LogP contribution in [-0.4, -0.2) is 29.3 Å². The Hall–Kier alpha value is -1.09. The molecule has 1 fully saturated rings. The van der Waals surface area contributed by atoms with E-state index in [0.29, 0.717) is 6.54 Å². The van der Waals surface area contributed by atoms with Crippen molar-refractivity contribution in [3.05, 3.63) is 23.9 Å². The Bertz CT molecular complexity index is 301. The molecule has 0 spiro atoms. The summed E-state index contributed by atoms with van der Waals surface area (Å²) in [6, 6.07) is 6.82. The van der Waals surface area contributed by atoms with Gasteiger partial charge in [-0.15, -0.1) is 0 Å². The van der Waals surface area contributed by atoms with Gasteiger partial charge in [0.05, 0.1) is 6.10 Å². The summed E-state index contributed by atoms with van der Waals surface area (Å²) in [5.74, 6) is 0.952. The maximum absolute atomic E-state index is 9.35. The van der Waals surface area contributed by atoms with Crippen LogP contribution in [0.15, 0.2) is 12.1 Å². The Morgan fingerprint density at radius 1 is 1.69 bits per heavy atom. The first-order valence-corrected chi connectivity index (χ1v) is 4.54. The lowest BCUT2D eigenvalue weighted by Gasteiger charge is -2.16. The molecule has 3 nitrogen and oxygen atoms in total. The van der Waals surface area contributed by atoms with Crippen molar-refractivity contribution < 1.29 is 5.11 Å². The molecule has 2 heterocycles. The summed E-state index contributed by atoms with van der Waals surface area (Å²) in [6.07, 6.45) is 0.658. The van der Waals surface area contributed by atoms with Crippen molar-refractivity contribution in [2.45, 2.75) is 19.4 Å². The first kappa shape index (κ1) is 8.51. The van der Waals surface area contributed by atoms with E-state index in [9.17, 15) is 5.11 Å². The lowest BCUT2D eigenvalue weighted by molar-refractivity contribution is 0.198. The maximum Gasteiger partial charge on any atom is 0.128 e. The molecule has 1 aliphatic rings. The molecule has 1 atom stereocenters. The molecule has 1 N–H and O–H groups in total. The Balaban J connectivity index is 2.16. The molecule has 0 amide bonds. The molecule has 0 unspecified atom stereocenters. The Morgan fingerprint density at radius 3 is 3.15 bits per heavy atom. The number of rotatable bonds is 1. The highest BCUT2D eigenvalue weighted by atomic mass is 16.3. The lowest BCUT2D eigenvalue weighted by Crippen LogP contribution is -2.22. The van der Waals surface area contributed by atoms with Crippen LogP contribution in [0.3, 0.4) is 0 Å². The zero-order valence-corrected chi connectivity index (χ0v) is 7.70. The number of β-amino-alcohol motifs (C(OH)–C–C–N with tert-alkyl or cyclic N) is 1. The third kappa shape index (κ3) is 1.80. The number of hydrogen-bond donors (Lipinski definition) is 1. The minimum atomic E-state index is -0.189. The number of nitrogens with zero attached hydrogens (tertiary/aromatic N) is 2. The van der Waals surface area contributed by atoms with Crippen molar-refractivity contribution in [1.82, 2.24) is 4.98 Å². The van der Waals surface area contributed by atoms with Crippen LogP contribution in [0.2, 0.25) is 0 Å². The maximum atomic E-state index is 9.35. The molecule has 1 saturated heterocycles. The largest absolute Gasteiger partial charge is 0.391 e. The van der Waals surface area contributed by atoms with E-state index in [-0.39, 0.29) is 6.10 Å². The van der Waals surface area contributed by atoms with Crippen LogP contribution in [0.4, 0.5) is 5.82 Å². The van der Waals surface area contributed by atoms with Crippen molar-refractivity contribution in [3.63, 3.8) is 0 Å². The summed E-state index contributed by atoms with van der Waals surface area (Å²) in [5.41, 5.74) is 0.902. The molecule has 0 bridgehead atoms. The average molecular weight is 177 g/mol. The number of aryl methyl sites for hydroxylation is 1. The minimum Gasteiger partial charge on any atom is -0.391 e. The number of hydrogen-bond acceptors (Lipinski definition) is 3. The summed E-state index contributed by atoms with van der Waals surface area (Å²) in [4.78, 5) is 6.45. The predicted octanol–water partition coefficient (Wildman–Crippen LogP) is 0.761. The molecule has 69 valence electrons.